The minimum atomic E-state index is -0.378. The highest BCUT2D eigenvalue weighted by Gasteiger charge is 2.42. The number of carbonyl (C=O) groups is 1. The molecule has 2 aromatic carbocycles. The average molecular weight is 415 g/mol. The van der Waals surface area contributed by atoms with Crippen LogP contribution < -0.4 is 10.1 Å². The van der Waals surface area contributed by atoms with Gasteiger partial charge in [0, 0.05) is 28.8 Å². The van der Waals surface area contributed by atoms with Crippen LogP contribution in [0.5, 0.6) is 5.75 Å². The summed E-state index contributed by atoms with van der Waals surface area (Å²) in [5, 5.41) is 8.29. The largest absolute Gasteiger partial charge is 0.496 e. The number of ketones is 1. The molecule has 1 aromatic heterocycles. The van der Waals surface area contributed by atoms with Crippen molar-refractivity contribution in [3.63, 3.8) is 0 Å². The molecule has 6 nitrogen and oxygen atoms in total. The Morgan fingerprint density at radius 1 is 1.13 bits per heavy atom. The van der Waals surface area contributed by atoms with Crippen LogP contribution in [-0.2, 0) is 4.79 Å². The van der Waals surface area contributed by atoms with Crippen LogP contribution >= 0.6 is 0 Å². The Hall–Kier alpha value is -3.41. The highest BCUT2D eigenvalue weighted by molar-refractivity contribution is 6.00. The molecular formula is C25H26N4O2. The number of nitrogens with one attached hydrogen (secondary N) is 1. The molecule has 1 aliphatic carbocycles. The summed E-state index contributed by atoms with van der Waals surface area (Å²) in [6, 6.07) is 15.6. The van der Waals surface area contributed by atoms with E-state index in [0.29, 0.717) is 18.2 Å². The van der Waals surface area contributed by atoms with Crippen LogP contribution in [0.15, 0.2) is 59.8 Å². The Labute approximate surface area is 182 Å². The standard InChI is InChI=1S/C25H26N4O2/c1-15-8-7-9-16(12-15)23-27-24-26-18-13-25(2,3)14-19(30)21(18)22(29(24)28-23)17-10-5-6-11-20(17)31-4/h5-12,22H,13-14H2,1-4H3,(H,26,27,28)/t22-/m0/s1. The van der Waals surface area contributed by atoms with Gasteiger partial charge in [0.25, 0.3) is 0 Å². The molecule has 1 N–H and O–H groups in total. The SMILES string of the molecule is COc1ccccc1[C@H]1C2=C(CC(C)(C)CC2=O)Nc2nc(-c3cccc(C)c3)nn21. The third-order valence-electron chi connectivity index (χ3n) is 6.04. The van der Waals surface area contributed by atoms with Crippen LogP contribution in [0.25, 0.3) is 11.4 Å². The van der Waals surface area contributed by atoms with Crippen molar-refractivity contribution in [2.75, 3.05) is 12.4 Å². The fourth-order valence-electron chi connectivity index (χ4n) is 4.70. The van der Waals surface area contributed by atoms with E-state index in [1.807, 2.05) is 41.1 Å². The lowest BCUT2D eigenvalue weighted by molar-refractivity contribution is -0.118. The minimum absolute atomic E-state index is 0.101. The number of anilines is 1. The number of aryl methyl sites for hydroxylation is 1. The molecule has 0 spiro atoms. The summed E-state index contributed by atoms with van der Waals surface area (Å²) in [5.41, 5.74) is 4.61. The maximum atomic E-state index is 13.4. The number of aromatic nitrogens is 3. The van der Waals surface area contributed by atoms with Crippen LogP contribution in [0, 0.1) is 12.3 Å². The van der Waals surface area contributed by atoms with Crippen LogP contribution in [0.1, 0.15) is 43.9 Å². The Morgan fingerprint density at radius 3 is 2.71 bits per heavy atom. The van der Waals surface area contributed by atoms with Crippen molar-refractivity contribution >= 4 is 11.7 Å². The molecule has 6 heteroatoms. The number of para-hydroxylation sites is 1. The van der Waals surface area contributed by atoms with Gasteiger partial charge in [0.2, 0.25) is 5.95 Å². The van der Waals surface area contributed by atoms with Gasteiger partial charge in [-0.2, -0.15) is 4.98 Å². The molecule has 0 amide bonds. The summed E-state index contributed by atoms with van der Waals surface area (Å²) >= 11 is 0. The second-order valence-electron chi connectivity index (χ2n) is 9.18. The van der Waals surface area contributed by atoms with Gasteiger partial charge in [-0.05, 0) is 30.9 Å². The lowest BCUT2D eigenvalue weighted by Gasteiger charge is -2.38. The van der Waals surface area contributed by atoms with Crippen LogP contribution in [0.3, 0.4) is 0 Å². The van der Waals surface area contributed by atoms with Crippen molar-refractivity contribution in [1.29, 1.82) is 0 Å². The maximum Gasteiger partial charge on any atom is 0.226 e. The molecule has 0 radical (unpaired) electrons. The van der Waals surface area contributed by atoms with Gasteiger partial charge in [0.1, 0.15) is 11.8 Å². The summed E-state index contributed by atoms with van der Waals surface area (Å²) < 4.78 is 7.50. The van der Waals surface area contributed by atoms with Crippen molar-refractivity contribution in [1.82, 2.24) is 14.8 Å². The van der Waals surface area contributed by atoms with E-state index in [4.69, 9.17) is 14.8 Å². The van der Waals surface area contributed by atoms with E-state index in [-0.39, 0.29) is 17.2 Å². The summed E-state index contributed by atoms with van der Waals surface area (Å²) in [5.74, 6) is 2.17. The van der Waals surface area contributed by atoms with Crippen LogP contribution in [0.4, 0.5) is 5.95 Å². The van der Waals surface area contributed by atoms with Crippen molar-refractivity contribution in [2.45, 2.75) is 39.7 Å². The van der Waals surface area contributed by atoms with Gasteiger partial charge >= 0.3 is 0 Å². The van der Waals surface area contributed by atoms with Gasteiger partial charge in [-0.15, -0.1) is 5.10 Å². The number of Topliss-reactive ketones (excluding diaryl/α,β-unsaturated/α-hetero) is 1. The monoisotopic (exact) mass is 414 g/mol. The number of methoxy groups -OCH3 is 1. The summed E-state index contributed by atoms with van der Waals surface area (Å²) in [4.78, 5) is 18.2. The van der Waals surface area contributed by atoms with E-state index < -0.39 is 0 Å². The summed E-state index contributed by atoms with van der Waals surface area (Å²) in [6.07, 6.45) is 1.29. The molecule has 31 heavy (non-hydrogen) atoms. The second-order valence-corrected chi connectivity index (χ2v) is 9.18. The number of hydrogen-bond acceptors (Lipinski definition) is 5. The molecule has 5 rings (SSSR count). The van der Waals surface area contributed by atoms with Crippen molar-refractivity contribution in [3.05, 3.63) is 70.9 Å². The quantitative estimate of drug-likeness (QED) is 0.659. The third-order valence-corrected chi connectivity index (χ3v) is 6.04. The molecule has 0 saturated carbocycles. The van der Waals surface area contributed by atoms with Gasteiger partial charge in [-0.1, -0.05) is 55.8 Å². The van der Waals surface area contributed by atoms with Crippen LogP contribution in [-0.4, -0.2) is 27.7 Å². The van der Waals surface area contributed by atoms with Crippen molar-refractivity contribution in [3.8, 4) is 17.1 Å². The van der Waals surface area contributed by atoms with E-state index >= 15 is 0 Å². The highest BCUT2D eigenvalue weighted by atomic mass is 16.5. The van der Waals surface area contributed by atoms with Gasteiger partial charge in [0.05, 0.1) is 7.11 Å². The molecule has 3 aromatic rings. The zero-order chi connectivity index (χ0) is 21.8. The first-order valence-corrected chi connectivity index (χ1v) is 10.6. The number of allylic oxidation sites excluding steroid dienone is 2. The number of fused-ring (bicyclic) bond motifs is 1. The molecule has 0 unspecified atom stereocenters. The van der Waals surface area contributed by atoms with Crippen molar-refractivity contribution in [2.24, 2.45) is 5.41 Å². The van der Waals surface area contributed by atoms with E-state index in [1.54, 1.807) is 7.11 Å². The van der Waals surface area contributed by atoms with E-state index in [0.717, 1.165) is 40.1 Å². The topological polar surface area (TPSA) is 69.0 Å². The maximum absolute atomic E-state index is 13.4. The van der Waals surface area contributed by atoms with Gasteiger partial charge < -0.3 is 10.1 Å². The number of nitrogens with zero attached hydrogens (tertiary/aromatic N) is 3. The van der Waals surface area contributed by atoms with Crippen molar-refractivity contribution < 1.29 is 9.53 Å². The summed E-state index contributed by atoms with van der Waals surface area (Å²) in [6.45, 7) is 6.31. The van der Waals surface area contributed by atoms with E-state index in [9.17, 15) is 4.79 Å². The number of hydrogen-bond donors (Lipinski definition) is 1. The lowest BCUT2D eigenvalue weighted by Crippen LogP contribution is -2.36. The molecule has 2 aliphatic rings. The minimum Gasteiger partial charge on any atom is -0.496 e. The Bertz CT molecular complexity index is 1220. The van der Waals surface area contributed by atoms with Gasteiger partial charge in [0.15, 0.2) is 11.6 Å². The number of carbonyl (C=O) groups excluding carboxylic acids is 1. The zero-order valence-corrected chi connectivity index (χ0v) is 18.3. The molecule has 0 saturated heterocycles. The summed E-state index contributed by atoms with van der Waals surface area (Å²) in [7, 11) is 1.65. The first-order valence-electron chi connectivity index (χ1n) is 10.6. The Morgan fingerprint density at radius 2 is 1.94 bits per heavy atom. The van der Waals surface area contributed by atoms with Gasteiger partial charge in [-0.25, -0.2) is 4.68 Å². The molecule has 1 atom stereocenters. The first-order chi connectivity index (χ1) is 14.9. The highest BCUT2D eigenvalue weighted by Crippen LogP contribution is 2.47. The lowest BCUT2D eigenvalue weighted by atomic mass is 9.73. The number of benzene rings is 2. The fourth-order valence-corrected chi connectivity index (χ4v) is 4.70. The third kappa shape index (κ3) is 3.32. The van der Waals surface area contributed by atoms with Gasteiger partial charge in [-0.3, -0.25) is 4.79 Å². The number of rotatable bonds is 3. The van der Waals surface area contributed by atoms with E-state index in [1.165, 1.54) is 0 Å². The molecule has 0 bridgehead atoms. The van der Waals surface area contributed by atoms with E-state index in [2.05, 4.69) is 38.2 Å². The van der Waals surface area contributed by atoms with Crippen LogP contribution in [0.2, 0.25) is 0 Å². The predicted octanol–water partition coefficient (Wildman–Crippen LogP) is 4.92. The second kappa shape index (κ2) is 7.08. The molecule has 2 heterocycles. The average Bonchev–Trinajstić information content (AvgIpc) is 3.15. The Balaban J connectivity index is 1.72. The zero-order valence-electron chi connectivity index (χ0n) is 18.3. The number of ether oxygens (including phenoxy) is 1. The predicted molar refractivity (Wildman–Crippen MR) is 120 cm³/mol. The fraction of sp³-hybridized carbons (Fsp3) is 0.320. The Kier molecular flexibility index (Phi) is 4.46. The smallest absolute Gasteiger partial charge is 0.226 e. The molecule has 1 aliphatic heterocycles. The molecule has 158 valence electrons. The molecule has 0 fully saturated rings. The normalized spacial score (nSPS) is 19.5. The molecular weight excluding hydrogens is 388 g/mol. The first kappa shape index (κ1) is 19.5.